The van der Waals surface area contributed by atoms with Crippen molar-refractivity contribution in [2.45, 2.75) is 12.4 Å². The number of hydrogen-bond acceptors (Lipinski definition) is 4. The summed E-state index contributed by atoms with van der Waals surface area (Å²) in [5.74, 6) is -2.12. The molecule has 0 aliphatic carbocycles. The molecule has 0 fully saturated rings. The van der Waals surface area contributed by atoms with E-state index in [0.29, 0.717) is 12.3 Å². The molecule has 0 unspecified atom stereocenters. The predicted octanol–water partition coefficient (Wildman–Crippen LogP) is 2.58. The van der Waals surface area contributed by atoms with Crippen molar-refractivity contribution in [3.8, 4) is 17.3 Å². The number of aromatic hydroxyl groups is 1. The van der Waals surface area contributed by atoms with Crippen molar-refractivity contribution in [3.05, 3.63) is 39.9 Å². The largest absolute Gasteiger partial charge is 0.493 e. The van der Waals surface area contributed by atoms with Crippen LogP contribution in [0.15, 0.2) is 23.1 Å². The summed E-state index contributed by atoms with van der Waals surface area (Å²) >= 11 is 0. The summed E-state index contributed by atoms with van der Waals surface area (Å²) in [6, 6.07) is 1.41. The van der Waals surface area contributed by atoms with Crippen molar-refractivity contribution in [2.24, 2.45) is 0 Å². The van der Waals surface area contributed by atoms with Gasteiger partial charge in [-0.1, -0.05) is 0 Å². The molecular weight excluding hydrogens is 320 g/mol. The van der Waals surface area contributed by atoms with E-state index in [2.05, 4.69) is 9.97 Å². The highest BCUT2D eigenvalue weighted by Crippen LogP contribution is 2.32. The van der Waals surface area contributed by atoms with E-state index in [1.807, 2.05) is 0 Å². The van der Waals surface area contributed by atoms with E-state index >= 15 is 0 Å². The Morgan fingerprint density at radius 3 is 2.09 bits per heavy atom. The van der Waals surface area contributed by atoms with Crippen LogP contribution in [-0.2, 0) is 12.4 Å². The lowest BCUT2D eigenvalue weighted by molar-refractivity contribution is -0.141. The zero-order valence-corrected chi connectivity index (χ0v) is 10.2. The number of pyridine rings is 1. The number of aromatic nitrogens is 3. The Bertz CT molecular complexity index is 748. The van der Waals surface area contributed by atoms with Crippen LogP contribution in [0.5, 0.6) is 5.88 Å². The Kier molecular flexibility index (Phi) is 3.59. The average molecular weight is 325 g/mol. The minimum absolute atomic E-state index is 0.200. The summed E-state index contributed by atoms with van der Waals surface area (Å²) in [6.45, 7) is 0. The molecule has 5 nitrogen and oxygen atoms in total. The molecule has 0 aliphatic rings. The van der Waals surface area contributed by atoms with Crippen molar-refractivity contribution in [1.82, 2.24) is 15.0 Å². The quantitative estimate of drug-likeness (QED) is 0.790. The maximum absolute atomic E-state index is 12.5. The summed E-state index contributed by atoms with van der Waals surface area (Å²) in [7, 11) is 0. The second-order valence-electron chi connectivity index (χ2n) is 4.04. The Balaban J connectivity index is 2.49. The third-order valence-electron chi connectivity index (χ3n) is 2.51. The summed E-state index contributed by atoms with van der Waals surface area (Å²) in [6.07, 6.45) is -9.16. The molecule has 2 aromatic heterocycles. The van der Waals surface area contributed by atoms with E-state index in [0.717, 1.165) is 6.07 Å². The molecule has 0 saturated heterocycles. The zero-order valence-electron chi connectivity index (χ0n) is 10.2. The van der Waals surface area contributed by atoms with E-state index in [-0.39, 0.29) is 5.56 Å². The van der Waals surface area contributed by atoms with Crippen LogP contribution in [0.2, 0.25) is 0 Å². The van der Waals surface area contributed by atoms with E-state index in [4.69, 9.17) is 0 Å². The summed E-state index contributed by atoms with van der Waals surface area (Å²) in [5.41, 5.74) is -4.99. The number of alkyl halides is 6. The Morgan fingerprint density at radius 1 is 1.05 bits per heavy atom. The van der Waals surface area contributed by atoms with Crippen molar-refractivity contribution in [1.29, 1.82) is 0 Å². The lowest BCUT2D eigenvalue weighted by atomic mass is 10.2. The van der Waals surface area contributed by atoms with Crippen LogP contribution in [0.3, 0.4) is 0 Å². The highest BCUT2D eigenvalue weighted by atomic mass is 19.4. The molecule has 2 heterocycles. The first-order valence-corrected chi connectivity index (χ1v) is 5.44. The average Bonchev–Trinajstić information content (AvgIpc) is 2.35. The first kappa shape index (κ1) is 15.8. The Morgan fingerprint density at radius 2 is 1.68 bits per heavy atom. The molecule has 0 radical (unpaired) electrons. The van der Waals surface area contributed by atoms with Crippen LogP contribution < -0.4 is 5.56 Å². The van der Waals surface area contributed by atoms with Gasteiger partial charge in [-0.05, 0) is 12.1 Å². The van der Waals surface area contributed by atoms with E-state index in [9.17, 15) is 36.2 Å². The van der Waals surface area contributed by atoms with Gasteiger partial charge in [-0.2, -0.15) is 31.3 Å². The van der Waals surface area contributed by atoms with Gasteiger partial charge >= 0.3 is 12.4 Å². The molecule has 118 valence electrons. The molecule has 2 N–H and O–H groups in total. The fourth-order valence-electron chi connectivity index (χ4n) is 1.56. The minimum Gasteiger partial charge on any atom is -0.493 e. The molecule has 0 amide bonds. The van der Waals surface area contributed by atoms with Crippen molar-refractivity contribution in [3.63, 3.8) is 0 Å². The molecule has 0 aliphatic heterocycles. The number of rotatable bonds is 1. The number of hydrogen-bond donors (Lipinski definition) is 2. The molecule has 0 aromatic carbocycles. The lowest BCUT2D eigenvalue weighted by Crippen LogP contribution is -2.23. The van der Waals surface area contributed by atoms with Crippen molar-refractivity contribution in [2.75, 3.05) is 0 Å². The predicted molar refractivity (Wildman–Crippen MR) is 59.8 cm³/mol. The molecule has 0 spiro atoms. The maximum Gasteiger partial charge on any atom is 0.433 e. The first-order valence-electron chi connectivity index (χ1n) is 5.44. The van der Waals surface area contributed by atoms with Crippen LogP contribution in [-0.4, -0.2) is 20.1 Å². The summed E-state index contributed by atoms with van der Waals surface area (Å²) in [5, 5.41) is 9.20. The van der Waals surface area contributed by atoms with E-state index < -0.39 is 40.9 Å². The highest BCUT2D eigenvalue weighted by Gasteiger charge is 2.39. The van der Waals surface area contributed by atoms with Gasteiger partial charge in [-0.3, -0.25) is 9.78 Å². The standard InChI is InChI=1S/C11H5F6N3O2/c12-10(13,14)5-2-1-4(3-18-5)7-19-8(21)6(9(22)20-7)11(15,16)17/h1-3H,(H2,19,20,21,22). The molecule has 0 saturated carbocycles. The zero-order chi connectivity index (χ0) is 16.7. The minimum atomic E-state index is -5.12. The molecular formula is C11H5F6N3O2. The SMILES string of the molecule is O=c1[nH]c(-c2ccc(C(F)(F)F)nc2)nc(O)c1C(F)(F)F. The Labute approximate surface area is 117 Å². The van der Waals surface area contributed by atoms with Gasteiger partial charge in [0.2, 0.25) is 5.88 Å². The topological polar surface area (TPSA) is 78.9 Å². The lowest BCUT2D eigenvalue weighted by Gasteiger charge is -2.09. The molecule has 0 bridgehead atoms. The van der Waals surface area contributed by atoms with Gasteiger partial charge in [0.25, 0.3) is 5.56 Å². The van der Waals surface area contributed by atoms with Crippen LogP contribution in [0, 0.1) is 0 Å². The van der Waals surface area contributed by atoms with Gasteiger partial charge in [0.1, 0.15) is 11.5 Å². The van der Waals surface area contributed by atoms with Gasteiger partial charge in [0.15, 0.2) is 5.56 Å². The highest BCUT2D eigenvalue weighted by molar-refractivity contribution is 5.54. The second-order valence-corrected chi connectivity index (χ2v) is 4.04. The first-order chi connectivity index (χ1) is 10.00. The third kappa shape index (κ3) is 3.02. The van der Waals surface area contributed by atoms with Gasteiger partial charge in [-0.15, -0.1) is 0 Å². The van der Waals surface area contributed by atoms with Crippen molar-refractivity contribution >= 4 is 0 Å². The fourth-order valence-corrected chi connectivity index (χ4v) is 1.56. The molecule has 2 rings (SSSR count). The molecule has 22 heavy (non-hydrogen) atoms. The maximum atomic E-state index is 12.5. The normalized spacial score (nSPS) is 12.5. The smallest absolute Gasteiger partial charge is 0.433 e. The van der Waals surface area contributed by atoms with Gasteiger partial charge in [0.05, 0.1) is 0 Å². The molecule has 2 aromatic rings. The molecule has 11 heteroatoms. The Hall–Kier alpha value is -2.59. The van der Waals surface area contributed by atoms with Gasteiger partial charge in [-0.25, -0.2) is 0 Å². The monoisotopic (exact) mass is 325 g/mol. The fraction of sp³-hybridized carbons (Fsp3) is 0.182. The van der Waals surface area contributed by atoms with Gasteiger partial charge in [0, 0.05) is 11.8 Å². The van der Waals surface area contributed by atoms with Gasteiger partial charge < -0.3 is 10.1 Å². The number of aromatic amines is 1. The summed E-state index contributed by atoms with van der Waals surface area (Å²) in [4.78, 5) is 19.2. The second kappa shape index (κ2) is 5.00. The van der Waals surface area contributed by atoms with Crippen LogP contribution in [0.4, 0.5) is 26.3 Å². The number of halogens is 6. The number of nitrogens with zero attached hydrogens (tertiary/aromatic N) is 2. The number of H-pyrrole nitrogens is 1. The van der Waals surface area contributed by atoms with Crippen LogP contribution in [0.1, 0.15) is 11.3 Å². The van der Waals surface area contributed by atoms with Crippen molar-refractivity contribution < 1.29 is 31.4 Å². The van der Waals surface area contributed by atoms with E-state index in [1.54, 1.807) is 4.98 Å². The van der Waals surface area contributed by atoms with E-state index in [1.165, 1.54) is 0 Å². The molecule has 0 atom stereocenters. The third-order valence-corrected chi connectivity index (χ3v) is 2.51. The van der Waals surface area contributed by atoms with Crippen LogP contribution >= 0.6 is 0 Å². The summed E-state index contributed by atoms with van der Waals surface area (Å²) < 4.78 is 74.4. The van der Waals surface area contributed by atoms with Crippen LogP contribution in [0.25, 0.3) is 11.4 Å². The number of nitrogens with one attached hydrogen (secondary N) is 1.